The number of carbonyl (C=O) groups excluding carboxylic acids is 1. The Labute approximate surface area is 150 Å². The predicted octanol–water partition coefficient (Wildman–Crippen LogP) is 3.92. The largest absolute Gasteiger partial charge is 0.481 e. The van der Waals surface area contributed by atoms with Gasteiger partial charge in [-0.3, -0.25) is 4.79 Å². The van der Waals surface area contributed by atoms with Crippen molar-refractivity contribution in [3.8, 4) is 5.75 Å². The Morgan fingerprint density at radius 3 is 2.40 bits per heavy atom. The molecule has 0 aliphatic carbocycles. The van der Waals surface area contributed by atoms with Crippen molar-refractivity contribution in [1.29, 1.82) is 0 Å². The smallest absolute Gasteiger partial charge is 0.261 e. The summed E-state index contributed by atoms with van der Waals surface area (Å²) in [6.07, 6.45) is -0.531. The Hall–Kier alpha value is -2.49. The van der Waals surface area contributed by atoms with E-state index in [-0.39, 0.29) is 5.91 Å². The highest BCUT2D eigenvalue weighted by molar-refractivity contribution is 5.80. The summed E-state index contributed by atoms with van der Waals surface area (Å²) in [5.41, 5.74) is 3.39. The Kier molecular flexibility index (Phi) is 6.87. The van der Waals surface area contributed by atoms with Gasteiger partial charge in [-0.05, 0) is 63.1 Å². The number of aryl methyl sites for hydroxylation is 1. The molecular weight excluding hydrogens is 312 g/mol. The first-order chi connectivity index (χ1) is 12.0. The monoisotopic (exact) mass is 340 g/mol. The van der Waals surface area contributed by atoms with Crippen LogP contribution in [0.3, 0.4) is 0 Å². The lowest BCUT2D eigenvalue weighted by molar-refractivity contribution is -0.127. The first-order valence-electron chi connectivity index (χ1n) is 8.88. The number of rotatable bonds is 8. The molecule has 0 bridgehead atoms. The minimum atomic E-state index is -0.531. The fourth-order valence-corrected chi connectivity index (χ4v) is 2.69. The van der Waals surface area contributed by atoms with Gasteiger partial charge in [0.1, 0.15) is 5.75 Å². The average molecular weight is 340 g/mol. The SMILES string of the molecule is CCN(CC)c1ccc(CNC(=O)C(C)Oc2cccc(C)c2)cc1. The number of amides is 1. The summed E-state index contributed by atoms with van der Waals surface area (Å²) >= 11 is 0. The van der Waals surface area contributed by atoms with Gasteiger partial charge in [0, 0.05) is 25.3 Å². The summed E-state index contributed by atoms with van der Waals surface area (Å²) in [7, 11) is 0. The van der Waals surface area contributed by atoms with Gasteiger partial charge >= 0.3 is 0 Å². The highest BCUT2D eigenvalue weighted by atomic mass is 16.5. The number of nitrogens with zero attached hydrogens (tertiary/aromatic N) is 1. The third-order valence-electron chi connectivity index (χ3n) is 4.20. The van der Waals surface area contributed by atoms with Crippen LogP contribution < -0.4 is 15.0 Å². The highest BCUT2D eigenvalue weighted by Crippen LogP contribution is 2.16. The van der Waals surface area contributed by atoms with E-state index >= 15 is 0 Å². The molecule has 1 atom stereocenters. The zero-order chi connectivity index (χ0) is 18.2. The van der Waals surface area contributed by atoms with Gasteiger partial charge in [-0.1, -0.05) is 24.3 Å². The van der Waals surface area contributed by atoms with E-state index in [9.17, 15) is 4.79 Å². The fourth-order valence-electron chi connectivity index (χ4n) is 2.69. The van der Waals surface area contributed by atoms with Gasteiger partial charge in [0.2, 0.25) is 0 Å². The van der Waals surface area contributed by atoms with Crippen LogP contribution in [0.2, 0.25) is 0 Å². The first-order valence-corrected chi connectivity index (χ1v) is 8.88. The molecule has 2 aromatic rings. The maximum Gasteiger partial charge on any atom is 0.261 e. The summed E-state index contributed by atoms with van der Waals surface area (Å²) in [5, 5.41) is 2.93. The lowest BCUT2D eigenvalue weighted by Crippen LogP contribution is -2.35. The average Bonchev–Trinajstić information content (AvgIpc) is 2.61. The van der Waals surface area contributed by atoms with E-state index in [0.29, 0.717) is 12.3 Å². The van der Waals surface area contributed by atoms with Crippen LogP contribution in [0, 0.1) is 6.92 Å². The molecule has 4 nitrogen and oxygen atoms in total. The molecule has 0 aliphatic rings. The Balaban J connectivity index is 1.86. The van der Waals surface area contributed by atoms with Crippen LogP contribution in [0.15, 0.2) is 48.5 Å². The molecule has 1 N–H and O–H groups in total. The van der Waals surface area contributed by atoms with Crippen molar-refractivity contribution in [3.63, 3.8) is 0 Å². The maximum absolute atomic E-state index is 12.2. The number of anilines is 1. The molecule has 0 spiro atoms. The normalized spacial score (nSPS) is 11.7. The number of benzene rings is 2. The van der Waals surface area contributed by atoms with Crippen LogP contribution in [0.1, 0.15) is 31.9 Å². The van der Waals surface area contributed by atoms with Crippen LogP contribution in [0.5, 0.6) is 5.75 Å². The molecule has 4 heteroatoms. The van der Waals surface area contributed by atoms with Gasteiger partial charge < -0.3 is 15.0 Å². The topological polar surface area (TPSA) is 41.6 Å². The van der Waals surface area contributed by atoms with E-state index in [1.165, 1.54) is 5.69 Å². The van der Waals surface area contributed by atoms with Crippen LogP contribution >= 0.6 is 0 Å². The summed E-state index contributed by atoms with van der Waals surface area (Å²) < 4.78 is 5.71. The highest BCUT2D eigenvalue weighted by Gasteiger charge is 2.14. The molecule has 0 fully saturated rings. The summed E-state index contributed by atoms with van der Waals surface area (Å²) in [4.78, 5) is 14.5. The number of hydrogen-bond donors (Lipinski definition) is 1. The van der Waals surface area contributed by atoms with E-state index in [1.807, 2.05) is 31.2 Å². The summed E-state index contributed by atoms with van der Waals surface area (Å²) in [6.45, 7) is 10.5. The quantitative estimate of drug-likeness (QED) is 0.792. The third kappa shape index (κ3) is 5.52. The van der Waals surface area contributed by atoms with E-state index in [4.69, 9.17) is 4.74 Å². The van der Waals surface area contributed by atoms with Crippen molar-refractivity contribution in [3.05, 3.63) is 59.7 Å². The molecule has 25 heavy (non-hydrogen) atoms. The molecule has 2 aromatic carbocycles. The molecular formula is C21H28N2O2. The summed E-state index contributed by atoms with van der Waals surface area (Å²) in [6, 6.07) is 16.0. The number of carbonyl (C=O) groups is 1. The molecule has 0 aliphatic heterocycles. The lowest BCUT2D eigenvalue weighted by atomic mass is 10.2. The van der Waals surface area contributed by atoms with E-state index in [2.05, 4.69) is 48.3 Å². The van der Waals surface area contributed by atoms with Gasteiger partial charge in [0.25, 0.3) is 5.91 Å². The van der Waals surface area contributed by atoms with Gasteiger partial charge in [0.05, 0.1) is 0 Å². The van der Waals surface area contributed by atoms with E-state index in [1.54, 1.807) is 6.92 Å². The first kappa shape index (κ1) is 18.8. The van der Waals surface area contributed by atoms with E-state index in [0.717, 1.165) is 24.2 Å². The molecule has 2 rings (SSSR count). The van der Waals surface area contributed by atoms with Crippen molar-refractivity contribution >= 4 is 11.6 Å². The number of nitrogens with one attached hydrogen (secondary N) is 1. The lowest BCUT2D eigenvalue weighted by Gasteiger charge is -2.21. The van der Waals surface area contributed by atoms with E-state index < -0.39 is 6.10 Å². The van der Waals surface area contributed by atoms with Crippen LogP contribution in [-0.4, -0.2) is 25.1 Å². The number of hydrogen-bond acceptors (Lipinski definition) is 3. The standard InChI is InChI=1S/C21H28N2O2/c1-5-23(6-2)19-12-10-18(11-13-19)15-22-21(24)17(4)25-20-9-7-8-16(3)14-20/h7-14,17H,5-6,15H2,1-4H3,(H,22,24). The molecule has 0 saturated heterocycles. The third-order valence-corrected chi connectivity index (χ3v) is 4.20. The van der Waals surface area contributed by atoms with Gasteiger partial charge in [-0.25, -0.2) is 0 Å². The molecule has 0 radical (unpaired) electrons. The number of ether oxygens (including phenoxy) is 1. The predicted molar refractivity (Wildman–Crippen MR) is 103 cm³/mol. The van der Waals surface area contributed by atoms with Crippen molar-refractivity contribution in [2.24, 2.45) is 0 Å². The minimum absolute atomic E-state index is 0.116. The fraction of sp³-hybridized carbons (Fsp3) is 0.381. The molecule has 1 amide bonds. The van der Waals surface area contributed by atoms with Gasteiger partial charge in [-0.15, -0.1) is 0 Å². The van der Waals surface area contributed by atoms with Crippen LogP contribution in [0.4, 0.5) is 5.69 Å². The van der Waals surface area contributed by atoms with Gasteiger partial charge in [-0.2, -0.15) is 0 Å². The van der Waals surface area contributed by atoms with Crippen molar-refractivity contribution in [2.45, 2.75) is 40.3 Å². The zero-order valence-electron chi connectivity index (χ0n) is 15.6. The van der Waals surface area contributed by atoms with Crippen LogP contribution in [-0.2, 0) is 11.3 Å². The molecule has 134 valence electrons. The van der Waals surface area contributed by atoms with Crippen LogP contribution in [0.25, 0.3) is 0 Å². The maximum atomic E-state index is 12.2. The second-order valence-electron chi connectivity index (χ2n) is 6.13. The molecule has 1 unspecified atom stereocenters. The Morgan fingerprint density at radius 2 is 1.80 bits per heavy atom. The van der Waals surface area contributed by atoms with Crippen molar-refractivity contribution in [1.82, 2.24) is 5.32 Å². The molecule has 0 saturated carbocycles. The second-order valence-corrected chi connectivity index (χ2v) is 6.13. The van der Waals surface area contributed by atoms with Crippen molar-refractivity contribution in [2.75, 3.05) is 18.0 Å². The Morgan fingerprint density at radius 1 is 1.12 bits per heavy atom. The van der Waals surface area contributed by atoms with Crippen molar-refractivity contribution < 1.29 is 9.53 Å². The molecule has 0 aromatic heterocycles. The molecule has 0 heterocycles. The zero-order valence-corrected chi connectivity index (χ0v) is 15.6. The minimum Gasteiger partial charge on any atom is -0.481 e. The van der Waals surface area contributed by atoms with Gasteiger partial charge in [0.15, 0.2) is 6.10 Å². The summed E-state index contributed by atoms with van der Waals surface area (Å²) in [5.74, 6) is 0.598. The Bertz CT molecular complexity index is 679. The second kappa shape index (κ2) is 9.11.